The van der Waals surface area contributed by atoms with Crippen LogP contribution in [0.2, 0.25) is 0 Å². The highest BCUT2D eigenvalue weighted by molar-refractivity contribution is 5.33. The van der Waals surface area contributed by atoms with Gasteiger partial charge in [0.2, 0.25) is 0 Å². The molecule has 2 rings (SSSR count). The molecule has 1 saturated carbocycles. The summed E-state index contributed by atoms with van der Waals surface area (Å²) in [6.07, 6.45) is 7.26. The summed E-state index contributed by atoms with van der Waals surface area (Å²) in [5.41, 5.74) is 0.603. The van der Waals surface area contributed by atoms with Crippen molar-refractivity contribution in [3.8, 4) is 0 Å². The number of nitrogens with one attached hydrogen (secondary N) is 1. The van der Waals surface area contributed by atoms with Crippen LogP contribution in [0.4, 0.5) is 5.82 Å². The van der Waals surface area contributed by atoms with Gasteiger partial charge in [-0.2, -0.15) is 0 Å². The number of pyridine rings is 1. The minimum Gasteiger partial charge on any atom is -0.370 e. The van der Waals surface area contributed by atoms with Crippen molar-refractivity contribution in [2.45, 2.75) is 32.6 Å². The van der Waals surface area contributed by atoms with Crippen LogP contribution < -0.4 is 5.32 Å². The average molecular weight is 190 g/mol. The monoisotopic (exact) mass is 190 g/mol. The third-order valence-electron chi connectivity index (χ3n) is 3.05. The number of anilines is 1. The second kappa shape index (κ2) is 3.99. The lowest BCUT2D eigenvalue weighted by Crippen LogP contribution is -2.15. The van der Waals surface area contributed by atoms with Gasteiger partial charge in [0, 0.05) is 12.7 Å². The number of hydrogen-bond acceptors (Lipinski definition) is 2. The van der Waals surface area contributed by atoms with Gasteiger partial charge in [-0.05, 0) is 36.8 Å². The highest BCUT2D eigenvalue weighted by Gasteiger charge is 2.41. The Morgan fingerprint density at radius 2 is 2.29 bits per heavy atom. The van der Waals surface area contributed by atoms with Gasteiger partial charge in [-0.25, -0.2) is 4.98 Å². The lowest BCUT2D eigenvalue weighted by atomic mass is 10.0. The van der Waals surface area contributed by atoms with Crippen LogP contribution in [0, 0.1) is 5.41 Å². The van der Waals surface area contributed by atoms with Crippen LogP contribution in [0.15, 0.2) is 24.4 Å². The van der Waals surface area contributed by atoms with Gasteiger partial charge in [0.15, 0.2) is 0 Å². The molecule has 0 amide bonds. The van der Waals surface area contributed by atoms with Crippen molar-refractivity contribution in [2.75, 3.05) is 11.9 Å². The maximum absolute atomic E-state index is 4.26. The molecule has 0 bridgehead atoms. The first-order chi connectivity index (χ1) is 6.85. The van der Waals surface area contributed by atoms with Gasteiger partial charge < -0.3 is 5.32 Å². The summed E-state index contributed by atoms with van der Waals surface area (Å²) in [4.78, 5) is 4.26. The molecule has 0 saturated heterocycles. The Morgan fingerprint density at radius 3 is 2.86 bits per heavy atom. The number of hydrogen-bond donors (Lipinski definition) is 1. The maximum atomic E-state index is 4.26. The summed E-state index contributed by atoms with van der Waals surface area (Å²) < 4.78 is 0. The summed E-state index contributed by atoms with van der Waals surface area (Å²) in [5.74, 6) is 1.01. The molecular weight excluding hydrogens is 172 g/mol. The Labute approximate surface area is 85.7 Å². The van der Waals surface area contributed by atoms with Crippen molar-refractivity contribution in [3.63, 3.8) is 0 Å². The van der Waals surface area contributed by atoms with E-state index in [1.807, 2.05) is 24.4 Å². The van der Waals surface area contributed by atoms with Crippen LogP contribution in [-0.4, -0.2) is 11.5 Å². The van der Waals surface area contributed by atoms with Crippen LogP contribution in [0.3, 0.4) is 0 Å². The average Bonchev–Trinajstić information content (AvgIpc) is 2.98. The summed E-state index contributed by atoms with van der Waals surface area (Å²) in [6.45, 7) is 3.36. The Kier molecular flexibility index (Phi) is 2.71. The zero-order valence-electron chi connectivity index (χ0n) is 8.79. The second-order valence-electron chi connectivity index (χ2n) is 4.32. The highest BCUT2D eigenvalue weighted by atomic mass is 15.0. The van der Waals surface area contributed by atoms with E-state index in [1.165, 1.54) is 25.7 Å². The van der Waals surface area contributed by atoms with Gasteiger partial charge in [-0.3, -0.25) is 0 Å². The molecule has 2 heteroatoms. The lowest BCUT2D eigenvalue weighted by molar-refractivity contribution is 0.485. The summed E-state index contributed by atoms with van der Waals surface area (Å²) in [7, 11) is 0. The maximum Gasteiger partial charge on any atom is 0.125 e. The Bertz CT molecular complexity index is 278. The first-order valence-electron chi connectivity index (χ1n) is 5.50. The van der Waals surface area contributed by atoms with Crippen LogP contribution in [-0.2, 0) is 0 Å². The van der Waals surface area contributed by atoms with Gasteiger partial charge in [-0.1, -0.05) is 19.4 Å². The molecule has 1 aromatic heterocycles. The molecule has 76 valence electrons. The van der Waals surface area contributed by atoms with Crippen LogP contribution in [0.25, 0.3) is 0 Å². The van der Waals surface area contributed by atoms with Crippen LogP contribution in [0.1, 0.15) is 32.6 Å². The largest absolute Gasteiger partial charge is 0.370 e. The third kappa shape index (κ3) is 2.25. The molecule has 1 aromatic rings. The molecule has 1 aliphatic carbocycles. The Hall–Kier alpha value is -1.05. The number of nitrogens with zero attached hydrogens (tertiary/aromatic N) is 1. The molecule has 0 aliphatic heterocycles. The fourth-order valence-electron chi connectivity index (χ4n) is 1.97. The molecule has 2 nitrogen and oxygen atoms in total. The summed E-state index contributed by atoms with van der Waals surface area (Å²) in [6, 6.07) is 6.00. The van der Waals surface area contributed by atoms with E-state index in [1.54, 1.807) is 0 Å². The summed E-state index contributed by atoms with van der Waals surface area (Å²) >= 11 is 0. The van der Waals surface area contributed by atoms with Gasteiger partial charge in [-0.15, -0.1) is 0 Å². The molecule has 1 N–H and O–H groups in total. The van der Waals surface area contributed by atoms with E-state index < -0.39 is 0 Å². The standard InChI is InChI=1S/C12H18N2/c1-2-6-12(7-8-12)10-14-11-5-3-4-9-13-11/h3-5,9H,2,6-8,10H2,1H3,(H,13,14). The fourth-order valence-corrected chi connectivity index (χ4v) is 1.97. The number of aromatic nitrogens is 1. The zero-order valence-corrected chi connectivity index (χ0v) is 8.79. The van der Waals surface area contributed by atoms with E-state index in [-0.39, 0.29) is 0 Å². The minimum absolute atomic E-state index is 0.603. The normalized spacial score (nSPS) is 17.8. The first kappa shape index (κ1) is 9.50. The molecule has 0 radical (unpaired) electrons. The van der Waals surface area contributed by atoms with Gasteiger partial charge >= 0.3 is 0 Å². The van der Waals surface area contributed by atoms with Crippen molar-refractivity contribution in [1.29, 1.82) is 0 Å². The van der Waals surface area contributed by atoms with E-state index in [0.717, 1.165) is 12.4 Å². The van der Waals surface area contributed by atoms with Gasteiger partial charge in [0.1, 0.15) is 5.82 Å². The first-order valence-corrected chi connectivity index (χ1v) is 5.50. The molecule has 0 aromatic carbocycles. The van der Waals surface area contributed by atoms with Gasteiger partial charge in [0.25, 0.3) is 0 Å². The molecular formula is C12H18N2. The van der Waals surface area contributed by atoms with E-state index in [0.29, 0.717) is 5.41 Å². The topological polar surface area (TPSA) is 24.9 Å². The zero-order chi connectivity index (χ0) is 9.86. The Morgan fingerprint density at radius 1 is 1.43 bits per heavy atom. The predicted octanol–water partition coefficient (Wildman–Crippen LogP) is 3.07. The quantitative estimate of drug-likeness (QED) is 0.771. The SMILES string of the molecule is CCCC1(CNc2ccccn2)CC1. The smallest absolute Gasteiger partial charge is 0.125 e. The van der Waals surface area contributed by atoms with Crippen molar-refractivity contribution in [3.05, 3.63) is 24.4 Å². The van der Waals surface area contributed by atoms with E-state index in [9.17, 15) is 0 Å². The van der Waals surface area contributed by atoms with Crippen molar-refractivity contribution < 1.29 is 0 Å². The van der Waals surface area contributed by atoms with E-state index >= 15 is 0 Å². The molecule has 0 unspecified atom stereocenters. The van der Waals surface area contributed by atoms with Crippen molar-refractivity contribution in [2.24, 2.45) is 5.41 Å². The molecule has 0 spiro atoms. The Balaban J connectivity index is 1.83. The van der Waals surface area contributed by atoms with E-state index in [2.05, 4.69) is 17.2 Å². The van der Waals surface area contributed by atoms with E-state index in [4.69, 9.17) is 0 Å². The van der Waals surface area contributed by atoms with Crippen molar-refractivity contribution in [1.82, 2.24) is 4.98 Å². The van der Waals surface area contributed by atoms with Crippen LogP contribution >= 0.6 is 0 Å². The minimum atomic E-state index is 0.603. The summed E-state index contributed by atoms with van der Waals surface area (Å²) in [5, 5.41) is 3.42. The third-order valence-corrected chi connectivity index (χ3v) is 3.05. The predicted molar refractivity (Wildman–Crippen MR) is 59.3 cm³/mol. The molecule has 1 aliphatic rings. The van der Waals surface area contributed by atoms with Gasteiger partial charge in [0.05, 0.1) is 0 Å². The lowest BCUT2D eigenvalue weighted by Gasteiger charge is -2.14. The fraction of sp³-hybridized carbons (Fsp3) is 0.583. The molecule has 0 atom stereocenters. The molecule has 1 heterocycles. The second-order valence-corrected chi connectivity index (χ2v) is 4.32. The number of rotatable bonds is 5. The van der Waals surface area contributed by atoms with Crippen molar-refractivity contribution >= 4 is 5.82 Å². The molecule has 14 heavy (non-hydrogen) atoms. The molecule has 1 fully saturated rings. The van der Waals surface area contributed by atoms with Crippen LogP contribution in [0.5, 0.6) is 0 Å². The highest BCUT2D eigenvalue weighted by Crippen LogP contribution is 2.49.